The number of halogens is 6. The SMILES string of the molecule is CC.COC(=O)c1cc(-c2ncc(F)cc2OCc2cc(F)cc(C(F)(F)F)c2)c(Br)s1. The fourth-order valence-corrected chi connectivity index (χ4v) is 4.15. The van der Waals surface area contributed by atoms with E-state index in [0.29, 0.717) is 15.4 Å². The number of hydrogen-bond donors (Lipinski definition) is 0. The van der Waals surface area contributed by atoms with Gasteiger partial charge in [0.15, 0.2) is 0 Å². The van der Waals surface area contributed by atoms with Gasteiger partial charge in [0.05, 0.1) is 22.7 Å². The first-order chi connectivity index (χ1) is 15.1. The van der Waals surface area contributed by atoms with Crippen LogP contribution in [0.3, 0.4) is 0 Å². The maximum atomic E-state index is 13.7. The highest BCUT2D eigenvalue weighted by Crippen LogP contribution is 2.40. The van der Waals surface area contributed by atoms with Crippen molar-refractivity contribution >= 4 is 33.2 Å². The number of hydrogen-bond acceptors (Lipinski definition) is 5. The van der Waals surface area contributed by atoms with Gasteiger partial charge in [-0.25, -0.2) is 18.6 Å². The monoisotopic (exact) mass is 537 g/mol. The molecule has 2 heterocycles. The van der Waals surface area contributed by atoms with Crippen molar-refractivity contribution in [1.29, 1.82) is 0 Å². The summed E-state index contributed by atoms with van der Waals surface area (Å²) in [7, 11) is 1.22. The topological polar surface area (TPSA) is 48.4 Å². The van der Waals surface area contributed by atoms with Crippen molar-refractivity contribution in [2.45, 2.75) is 26.6 Å². The number of nitrogens with zero attached hydrogens (tertiary/aromatic N) is 1. The van der Waals surface area contributed by atoms with Gasteiger partial charge in [0.25, 0.3) is 0 Å². The Morgan fingerprint density at radius 3 is 2.41 bits per heavy atom. The van der Waals surface area contributed by atoms with Gasteiger partial charge in [-0.1, -0.05) is 13.8 Å². The Bertz CT molecular complexity index is 1100. The molecular weight excluding hydrogens is 521 g/mol. The minimum absolute atomic E-state index is 0.0947. The summed E-state index contributed by atoms with van der Waals surface area (Å²) in [6, 6.07) is 4.45. The molecule has 32 heavy (non-hydrogen) atoms. The van der Waals surface area contributed by atoms with Crippen LogP contribution in [0.1, 0.15) is 34.6 Å². The summed E-state index contributed by atoms with van der Waals surface area (Å²) in [4.78, 5) is 15.9. The third kappa shape index (κ3) is 6.26. The highest BCUT2D eigenvalue weighted by Gasteiger charge is 2.31. The highest BCUT2D eigenvalue weighted by molar-refractivity contribution is 9.11. The van der Waals surface area contributed by atoms with Crippen LogP contribution in [0.4, 0.5) is 22.0 Å². The van der Waals surface area contributed by atoms with Crippen molar-refractivity contribution in [3.05, 3.63) is 68.0 Å². The Kier molecular flexibility index (Phi) is 8.73. The molecule has 3 aromatic rings. The molecule has 0 saturated heterocycles. The number of ether oxygens (including phenoxy) is 2. The predicted molar refractivity (Wildman–Crippen MR) is 114 cm³/mol. The second-order valence-corrected chi connectivity index (χ2v) is 8.29. The van der Waals surface area contributed by atoms with E-state index in [1.54, 1.807) is 0 Å². The normalized spacial score (nSPS) is 10.9. The summed E-state index contributed by atoms with van der Waals surface area (Å²) in [6.07, 6.45) is -3.80. The van der Waals surface area contributed by atoms with E-state index in [-0.39, 0.29) is 21.9 Å². The molecule has 1 aromatic carbocycles. The van der Waals surface area contributed by atoms with Crippen molar-refractivity contribution in [3.8, 4) is 17.0 Å². The molecule has 0 N–H and O–H groups in total. The molecule has 0 aliphatic heterocycles. The minimum atomic E-state index is -4.73. The van der Waals surface area contributed by atoms with Crippen molar-refractivity contribution in [1.82, 2.24) is 4.98 Å². The first-order valence-corrected chi connectivity index (χ1v) is 10.7. The Hall–Kier alpha value is -2.53. The van der Waals surface area contributed by atoms with E-state index in [0.717, 1.165) is 35.7 Å². The van der Waals surface area contributed by atoms with E-state index in [2.05, 4.69) is 25.7 Å². The standard InChI is InChI=1S/C19H11BrF5NO3S.C2H6/c1-28-18(27)15-6-13(17(20)30-15)16-14(5-12(22)7-26-16)29-8-9-2-10(19(23,24)25)4-11(21)3-9;1-2/h2-7H,8H2,1H3;1-2H3. The van der Waals surface area contributed by atoms with Gasteiger partial charge in [0.2, 0.25) is 0 Å². The number of carbonyl (C=O) groups excluding carboxylic acids is 1. The van der Waals surface area contributed by atoms with E-state index in [1.807, 2.05) is 13.8 Å². The van der Waals surface area contributed by atoms with E-state index in [9.17, 15) is 26.7 Å². The number of carbonyl (C=O) groups is 1. The number of methoxy groups -OCH3 is 1. The Balaban J connectivity index is 0.00000176. The lowest BCUT2D eigenvalue weighted by molar-refractivity contribution is -0.137. The molecule has 0 aliphatic rings. The number of esters is 1. The van der Waals surface area contributed by atoms with Crippen molar-refractivity contribution in [3.63, 3.8) is 0 Å². The van der Waals surface area contributed by atoms with Gasteiger partial charge in [0.1, 0.15) is 34.6 Å². The molecule has 11 heteroatoms. The molecule has 0 amide bonds. The van der Waals surface area contributed by atoms with Crippen molar-refractivity contribution in [2.75, 3.05) is 7.11 Å². The molecule has 0 spiro atoms. The average molecular weight is 538 g/mol. The van der Waals surface area contributed by atoms with Gasteiger partial charge >= 0.3 is 12.1 Å². The van der Waals surface area contributed by atoms with Crippen LogP contribution < -0.4 is 4.74 Å². The molecule has 2 aromatic heterocycles. The average Bonchev–Trinajstić information content (AvgIpc) is 3.13. The van der Waals surface area contributed by atoms with Gasteiger partial charge in [-0.3, -0.25) is 0 Å². The van der Waals surface area contributed by atoms with Gasteiger partial charge in [-0.05, 0) is 45.8 Å². The lowest BCUT2D eigenvalue weighted by Gasteiger charge is -2.13. The van der Waals surface area contributed by atoms with Crippen LogP contribution in [0.2, 0.25) is 0 Å². The summed E-state index contributed by atoms with van der Waals surface area (Å²) in [5, 5.41) is 0. The molecule has 0 aliphatic carbocycles. The van der Waals surface area contributed by atoms with E-state index in [1.165, 1.54) is 13.2 Å². The predicted octanol–water partition coefficient (Wildman–Crippen LogP) is 7.26. The fourth-order valence-electron chi connectivity index (χ4n) is 2.52. The highest BCUT2D eigenvalue weighted by atomic mass is 79.9. The zero-order valence-electron chi connectivity index (χ0n) is 17.0. The molecule has 0 radical (unpaired) electrons. The van der Waals surface area contributed by atoms with Gasteiger partial charge in [-0.15, -0.1) is 11.3 Å². The van der Waals surface area contributed by atoms with Gasteiger partial charge in [-0.2, -0.15) is 13.2 Å². The molecule has 0 unspecified atom stereocenters. The third-order valence-electron chi connectivity index (χ3n) is 3.83. The summed E-state index contributed by atoms with van der Waals surface area (Å²) in [5.74, 6) is -2.51. The van der Waals surface area contributed by atoms with Crippen molar-refractivity contribution in [2.24, 2.45) is 0 Å². The second kappa shape index (κ2) is 10.9. The minimum Gasteiger partial charge on any atom is -0.487 e. The Morgan fingerprint density at radius 2 is 1.78 bits per heavy atom. The number of thiophene rings is 1. The zero-order valence-corrected chi connectivity index (χ0v) is 19.4. The van der Waals surface area contributed by atoms with E-state index in [4.69, 9.17) is 4.74 Å². The number of benzene rings is 1. The summed E-state index contributed by atoms with van der Waals surface area (Å²) in [5.41, 5.74) is -0.730. The quantitative estimate of drug-likeness (QED) is 0.254. The number of alkyl halides is 3. The maximum absolute atomic E-state index is 13.7. The number of rotatable bonds is 5. The second-order valence-electron chi connectivity index (χ2n) is 5.92. The van der Waals surface area contributed by atoms with Crippen LogP contribution in [0.25, 0.3) is 11.3 Å². The number of aromatic nitrogens is 1. The molecule has 3 rings (SSSR count). The van der Waals surface area contributed by atoms with Crippen LogP contribution >= 0.6 is 27.3 Å². The summed E-state index contributed by atoms with van der Waals surface area (Å²) in [6.45, 7) is 3.53. The van der Waals surface area contributed by atoms with Gasteiger partial charge in [0, 0.05) is 11.6 Å². The third-order valence-corrected chi connectivity index (χ3v) is 5.64. The van der Waals surface area contributed by atoms with Crippen LogP contribution in [0.15, 0.2) is 40.3 Å². The van der Waals surface area contributed by atoms with Crippen LogP contribution in [-0.4, -0.2) is 18.1 Å². The largest absolute Gasteiger partial charge is 0.487 e. The van der Waals surface area contributed by atoms with E-state index < -0.39 is 36.0 Å². The first kappa shape index (κ1) is 25.7. The Morgan fingerprint density at radius 1 is 1.09 bits per heavy atom. The summed E-state index contributed by atoms with van der Waals surface area (Å²) < 4.78 is 76.6. The smallest absolute Gasteiger partial charge is 0.416 e. The zero-order chi connectivity index (χ0) is 24.1. The lowest BCUT2D eigenvalue weighted by atomic mass is 10.1. The molecule has 172 valence electrons. The first-order valence-electron chi connectivity index (χ1n) is 9.11. The van der Waals surface area contributed by atoms with Crippen LogP contribution in [-0.2, 0) is 17.5 Å². The number of pyridine rings is 1. The van der Waals surface area contributed by atoms with Gasteiger partial charge < -0.3 is 9.47 Å². The molecule has 0 saturated carbocycles. The van der Waals surface area contributed by atoms with E-state index >= 15 is 0 Å². The Labute approximate surface area is 193 Å². The van der Waals surface area contributed by atoms with Crippen LogP contribution in [0, 0.1) is 11.6 Å². The lowest BCUT2D eigenvalue weighted by Crippen LogP contribution is -2.07. The molecule has 0 atom stereocenters. The van der Waals surface area contributed by atoms with Crippen LogP contribution in [0.5, 0.6) is 5.75 Å². The summed E-state index contributed by atoms with van der Waals surface area (Å²) >= 11 is 4.34. The van der Waals surface area contributed by atoms with Crippen molar-refractivity contribution < 1.29 is 36.2 Å². The fraction of sp³-hybridized carbons (Fsp3) is 0.238. The molecular formula is C21H17BrF5NO3S. The maximum Gasteiger partial charge on any atom is 0.416 e. The molecule has 0 bridgehead atoms. The molecule has 4 nitrogen and oxygen atoms in total. The molecule has 0 fully saturated rings.